The first-order chi connectivity index (χ1) is 12.1. The molecule has 0 spiro atoms. The quantitative estimate of drug-likeness (QED) is 0.818. The molecule has 3 rings (SSSR count). The predicted octanol–water partition coefficient (Wildman–Crippen LogP) is 0.937. The number of aliphatic hydroxyl groups excluding tert-OH is 1. The summed E-state index contributed by atoms with van der Waals surface area (Å²) in [5.74, 6) is 0.0662. The molecule has 1 aromatic heterocycles. The van der Waals surface area contributed by atoms with Crippen molar-refractivity contribution < 1.29 is 9.90 Å². The lowest BCUT2D eigenvalue weighted by Gasteiger charge is -2.15. The van der Waals surface area contributed by atoms with E-state index in [1.54, 1.807) is 18.6 Å². The van der Waals surface area contributed by atoms with Gasteiger partial charge in [-0.25, -0.2) is 0 Å². The smallest absolute Gasteiger partial charge is 0.234 e. The van der Waals surface area contributed by atoms with Crippen molar-refractivity contribution in [2.24, 2.45) is 5.92 Å². The van der Waals surface area contributed by atoms with Crippen LogP contribution in [0.5, 0.6) is 0 Å². The average Bonchev–Trinajstić information content (AvgIpc) is 2.94. The molecule has 1 fully saturated rings. The Morgan fingerprint density at radius 3 is 2.92 bits per heavy atom. The number of aromatic nitrogens is 2. The van der Waals surface area contributed by atoms with Crippen LogP contribution >= 0.6 is 0 Å². The van der Waals surface area contributed by atoms with Gasteiger partial charge in [0.15, 0.2) is 0 Å². The van der Waals surface area contributed by atoms with Crippen molar-refractivity contribution in [2.45, 2.75) is 26.0 Å². The zero-order valence-electron chi connectivity index (χ0n) is 14.4. The second-order valence-corrected chi connectivity index (χ2v) is 6.63. The van der Waals surface area contributed by atoms with Gasteiger partial charge in [0, 0.05) is 44.1 Å². The molecule has 2 heterocycles. The van der Waals surface area contributed by atoms with Gasteiger partial charge in [0.05, 0.1) is 18.3 Å². The van der Waals surface area contributed by atoms with Crippen LogP contribution in [0, 0.1) is 12.8 Å². The number of carbonyl (C=O) groups is 1. The van der Waals surface area contributed by atoms with Crippen LogP contribution in [0.4, 0.5) is 0 Å². The number of carbonyl (C=O) groups excluding carboxylic acids is 1. The summed E-state index contributed by atoms with van der Waals surface area (Å²) in [6.45, 7) is 4.08. The van der Waals surface area contributed by atoms with Gasteiger partial charge in [0.1, 0.15) is 0 Å². The van der Waals surface area contributed by atoms with Gasteiger partial charge in [0.2, 0.25) is 5.91 Å². The summed E-state index contributed by atoms with van der Waals surface area (Å²) >= 11 is 0. The molecule has 6 heteroatoms. The molecule has 2 aromatic rings. The Balaban J connectivity index is 1.47. The zero-order valence-corrected chi connectivity index (χ0v) is 14.4. The fraction of sp³-hybridized carbons (Fsp3) is 0.421. The van der Waals surface area contributed by atoms with Crippen molar-refractivity contribution in [3.8, 4) is 0 Å². The first-order valence-electron chi connectivity index (χ1n) is 8.58. The Hall–Kier alpha value is -2.31. The Bertz CT molecular complexity index is 708. The van der Waals surface area contributed by atoms with Crippen LogP contribution in [0.25, 0.3) is 0 Å². The molecular weight excluding hydrogens is 316 g/mol. The van der Waals surface area contributed by atoms with E-state index in [2.05, 4.69) is 15.3 Å². The maximum Gasteiger partial charge on any atom is 0.234 e. The standard InChI is InChI=1S/C19H24N4O2/c1-14-4-2-3-5-15(14)9-22-19(25)13-23-11-16(18(24)12-23)8-17-10-20-6-7-21-17/h2-7,10,16,18,24H,8-9,11-13H2,1H3,(H,22,25)/t16-,18-/m1/s1. The van der Waals surface area contributed by atoms with E-state index in [0.29, 0.717) is 32.6 Å². The van der Waals surface area contributed by atoms with Gasteiger partial charge in [-0.3, -0.25) is 19.7 Å². The van der Waals surface area contributed by atoms with Gasteiger partial charge in [-0.1, -0.05) is 24.3 Å². The monoisotopic (exact) mass is 340 g/mol. The topological polar surface area (TPSA) is 78.4 Å². The molecule has 0 bridgehead atoms. The third-order valence-corrected chi connectivity index (χ3v) is 4.67. The lowest BCUT2D eigenvalue weighted by atomic mass is 10.0. The summed E-state index contributed by atoms with van der Waals surface area (Å²) in [4.78, 5) is 22.5. The van der Waals surface area contributed by atoms with Crippen molar-refractivity contribution in [3.05, 3.63) is 59.7 Å². The molecule has 2 N–H and O–H groups in total. The second kappa shape index (κ2) is 8.18. The molecular formula is C19H24N4O2. The Labute approximate surface area is 147 Å². The fourth-order valence-electron chi connectivity index (χ4n) is 3.24. The number of nitrogens with zero attached hydrogens (tertiary/aromatic N) is 3. The van der Waals surface area contributed by atoms with Gasteiger partial charge < -0.3 is 10.4 Å². The SMILES string of the molecule is Cc1ccccc1CNC(=O)CN1C[C@@H](Cc2cnccn2)[C@H](O)C1. The maximum absolute atomic E-state index is 12.2. The largest absolute Gasteiger partial charge is 0.391 e. The minimum atomic E-state index is -0.439. The molecule has 25 heavy (non-hydrogen) atoms. The summed E-state index contributed by atoms with van der Waals surface area (Å²) in [6, 6.07) is 8.02. The van der Waals surface area contributed by atoms with Gasteiger partial charge >= 0.3 is 0 Å². The molecule has 1 aromatic carbocycles. The molecule has 0 aliphatic carbocycles. The number of aryl methyl sites for hydroxylation is 1. The van der Waals surface area contributed by atoms with Crippen molar-refractivity contribution in [1.29, 1.82) is 0 Å². The van der Waals surface area contributed by atoms with Crippen molar-refractivity contribution in [1.82, 2.24) is 20.2 Å². The number of β-amino-alcohol motifs (C(OH)–C–C–N with tert-alkyl or cyclic N) is 1. The molecule has 1 saturated heterocycles. The van der Waals surface area contributed by atoms with E-state index in [9.17, 15) is 9.90 Å². The third-order valence-electron chi connectivity index (χ3n) is 4.67. The Morgan fingerprint density at radius 2 is 2.16 bits per heavy atom. The molecule has 0 saturated carbocycles. The first-order valence-corrected chi connectivity index (χ1v) is 8.58. The number of aliphatic hydroxyl groups is 1. The van der Waals surface area contributed by atoms with Crippen molar-refractivity contribution in [3.63, 3.8) is 0 Å². The minimum Gasteiger partial charge on any atom is -0.391 e. The van der Waals surface area contributed by atoms with Gasteiger partial charge in [-0.2, -0.15) is 0 Å². The van der Waals surface area contributed by atoms with Crippen molar-refractivity contribution in [2.75, 3.05) is 19.6 Å². The molecule has 0 radical (unpaired) electrons. The molecule has 1 amide bonds. The van der Waals surface area contributed by atoms with Crippen LogP contribution in [-0.2, 0) is 17.8 Å². The third kappa shape index (κ3) is 4.84. The van der Waals surface area contributed by atoms with E-state index in [1.165, 1.54) is 5.56 Å². The highest BCUT2D eigenvalue weighted by atomic mass is 16.3. The summed E-state index contributed by atoms with van der Waals surface area (Å²) < 4.78 is 0. The molecule has 132 valence electrons. The number of likely N-dealkylation sites (tertiary alicyclic amines) is 1. The normalized spacial score (nSPS) is 20.6. The number of amides is 1. The van der Waals surface area contributed by atoms with Crippen LogP contribution < -0.4 is 5.32 Å². The molecule has 2 atom stereocenters. The summed E-state index contributed by atoms with van der Waals surface area (Å²) in [5, 5.41) is 13.2. The van der Waals surface area contributed by atoms with E-state index in [-0.39, 0.29) is 11.8 Å². The van der Waals surface area contributed by atoms with Crippen LogP contribution in [0.15, 0.2) is 42.9 Å². The van der Waals surface area contributed by atoms with E-state index in [0.717, 1.165) is 11.3 Å². The highest BCUT2D eigenvalue weighted by molar-refractivity contribution is 5.78. The number of hydrogen-bond donors (Lipinski definition) is 2. The minimum absolute atomic E-state index is 0.0180. The highest BCUT2D eigenvalue weighted by Crippen LogP contribution is 2.20. The van der Waals surface area contributed by atoms with E-state index in [1.807, 2.05) is 36.1 Å². The second-order valence-electron chi connectivity index (χ2n) is 6.63. The zero-order chi connectivity index (χ0) is 17.6. The van der Waals surface area contributed by atoms with Crippen molar-refractivity contribution >= 4 is 5.91 Å². The summed E-state index contributed by atoms with van der Waals surface area (Å²) in [6.07, 6.45) is 5.26. The number of rotatable bonds is 6. The Kier molecular flexibility index (Phi) is 5.73. The van der Waals surface area contributed by atoms with Gasteiger partial charge in [-0.05, 0) is 24.5 Å². The van der Waals surface area contributed by atoms with Crippen LogP contribution in [0.1, 0.15) is 16.8 Å². The average molecular weight is 340 g/mol. The molecule has 0 unspecified atom stereocenters. The predicted molar refractivity (Wildman–Crippen MR) is 94.7 cm³/mol. The van der Waals surface area contributed by atoms with Crippen LogP contribution in [0.2, 0.25) is 0 Å². The lowest BCUT2D eigenvalue weighted by molar-refractivity contribution is -0.122. The van der Waals surface area contributed by atoms with E-state index < -0.39 is 6.10 Å². The lowest BCUT2D eigenvalue weighted by Crippen LogP contribution is -2.36. The van der Waals surface area contributed by atoms with E-state index >= 15 is 0 Å². The van der Waals surface area contributed by atoms with Crippen LogP contribution in [0.3, 0.4) is 0 Å². The molecule has 1 aliphatic heterocycles. The number of nitrogens with one attached hydrogen (secondary N) is 1. The highest BCUT2D eigenvalue weighted by Gasteiger charge is 2.32. The molecule has 6 nitrogen and oxygen atoms in total. The fourth-order valence-corrected chi connectivity index (χ4v) is 3.24. The first kappa shape index (κ1) is 17.5. The Morgan fingerprint density at radius 1 is 1.32 bits per heavy atom. The van der Waals surface area contributed by atoms with E-state index in [4.69, 9.17) is 0 Å². The van der Waals surface area contributed by atoms with Crippen LogP contribution in [-0.4, -0.2) is 51.6 Å². The summed E-state index contributed by atoms with van der Waals surface area (Å²) in [7, 11) is 0. The summed E-state index contributed by atoms with van der Waals surface area (Å²) in [5.41, 5.74) is 3.17. The number of hydrogen-bond acceptors (Lipinski definition) is 5. The number of benzene rings is 1. The van der Waals surface area contributed by atoms with Gasteiger partial charge in [0.25, 0.3) is 0 Å². The maximum atomic E-state index is 12.2. The molecule has 1 aliphatic rings. The van der Waals surface area contributed by atoms with Gasteiger partial charge in [-0.15, -0.1) is 0 Å².